The fourth-order valence-electron chi connectivity index (χ4n) is 1.99. The number of pyridine rings is 1. The van der Waals surface area contributed by atoms with E-state index < -0.39 is 0 Å². The molecule has 0 aromatic carbocycles. The highest BCUT2D eigenvalue weighted by Gasteiger charge is 2.18. The van der Waals surface area contributed by atoms with E-state index in [-0.39, 0.29) is 0 Å². The summed E-state index contributed by atoms with van der Waals surface area (Å²) in [5.41, 5.74) is 6.77. The van der Waals surface area contributed by atoms with Gasteiger partial charge in [0.05, 0.1) is 5.69 Å². The molecule has 1 saturated heterocycles. The van der Waals surface area contributed by atoms with Gasteiger partial charge in [-0.05, 0) is 18.6 Å². The van der Waals surface area contributed by atoms with Crippen LogP contribution in [0.1, 0.15) is 19.0 Å². The first kappa shape index (κ1) is 11.7. The van der Waals surface area contributed by atoms with Crippen molar-refractivity contribution in [1.82, 2.24) is 9.88 Å². The smallest absolute Gasteiger partial charge is 0.123 e. The molecule has 1 atom stereocenters. The van der Waals surface area contributed by atoms with Crippen molar-refractivity contribution in [3.05, 3.63) is 23.9 Å². The van der Waals surface area contributed by atoms with Gasteiger partial charge in [0.15, 0.2) is 0 Å². The van der Waals surface area contributed by atoms with Gasteiger partial charge in [-0.25, -0.2) is 4.98 Å². The third-order valence-corrected chi connectivity index (χ3v) is 4.26. The van der Waals surface area contributed by atoms with E-state index in [2.05, 4.69) is 34.6 Å². The number of nitrogens with two attached hydrogens (primary N) is 1. The van der Waals surface area contributed by atoms with Crippen molar-refractivity contribution in [2.24, 2.45) is 0 Å². The summed E-state index contributed by atoms with van der Waals surface area (Å²) in [6.07, 6.45) is 1.26. The van der Waals surface area contributed by atoms with Crippen LogP contribution in [-0.2, 0) is 6.54 Å². The van der Waals surface area contributed by atoms with E-state index in [1.807, 2.05) is 12.1 Å². The van der Waals surface area contributed by atoms with Gasteiger partial charge in [0.25, 0.3) is 0 Å². The Kier molecular flexibility index (Phi) is 4.07. The van der Waals surface area contributed by atoms with Gasteiger partial charge in [-0.1, -0.05) is 13.0 Å². The normalized spacial score (nSPS) is 22.2. The number of aromatic nitrogens is 1. The van der Waals surface area contributed by atoms with Crippen LogP contribution >= 0.6 is 11.8 Å². The van der Waals surface area contributed by atoms with Crippen molar-refractivity contribution < 1.29 is 0 Å². The Morgan fingerprint density at radius 3 is 3.19 bits per heavy atom. The molecular weight excluding hydrogens is 218 g/mol. The molecule has 16 heavy (non-hydrogen) atoms. The molecule has 0 radical (unpaired) electrons. The van der Waals surface area contributed by atoms with Gasteiger partial charge >= 0.3 is 0 Å². The van der Waals surface area contributed by atoms with Crippen molar-refractivity contribution in [3.8, 4) is 0 Å². The zero-order valence-electron chi connectivity index (χ0n) is 9.72. The monoisotopic (exact) mass is 237 g/mol. The average Bonchev–Trinajstić information content (AvgIpc) is 2.29. The van der Waals surface area contributed by atoms with E-state index in [1.54, 1.807) is 0 Å². The van der Waals surface area contributed by atoms with E-state index in [0.717, 1.165) is 24.0 Å². The first-order valence-corrected chi connectivity index (χ1v) is 6.88. The van der Waals surface area contributed by atoms with Crippen LogP contribution in [0, 0.1) is 0 Å². The fraction of sp³-hybridized carbons (Fsp3) is 0.583. The number of hydrogen-bond acceptors (Lipinski definition) is 4. The summed E-state index contributed by atoms with van der Waals surface area (Å²) in [6.45, 7) is 5.54. The minimum atomic E-state index is 0.621. The van der Waals surface area contributed by atoms with Crippen molar-refractivity contribution in [2.45, 2.75) is 25.1 Å². The van der Waals surface area contributed by atoms with E-state index in [4.69, 9.17) is 5.73 Å². The minimum absolute atomic E-state index is 0.621. The summed E-state index contributed by atoms with van der Waals surface area (Å²) < 4.78 is 0. The second-order valence-electron chi connectivity index (χ2n) is 4.19. The maximum atomic E-state index is 5.68. The van der Waals surface area contributed by atoms with Crippen molar-refractivity contribution in [2.75, 3.05) is 24.6 Å². The van der Waals surface area contributed by atoms with E-state index in [0.29, 0.717) is 5.82 Å². The van der Waals surface area contributed by atoms with Crippen LogP contribution in [0.5, 0.6) is 0 Å². The second-order valence-corrected chi connectivity index (χ2v) is 5.60. The van der Waals surface area contributed by atoms with E-state index in [9.17, 15) is 0 Å². The van der Waals surface area contributed by atoms with E-state index in [1.165, 1.54) is 18.7 Å². The number of anilines is 1. The van der Waals surface area contributed by atoms with Gasteiger partial charge in [-0.3, -0.25) is 4.90 Å². The van der Waals surface area contributed by atoms with Gasteiger partial charge in [-0.15, -0.1) is 0 Å². The van der Waals surface area contributed by atoms with Gasteiger partial charge in [0.1, 0.15) is 5.82 Å². The standard InChI is InChI=1S/C12H19N3S/c1-2-11-9-15(6-7-16-11)8-10-4-3-5-12(13)14-10/h3-5,11H,2,6-9H2,1H3,(H2,13,14). The molecule has 3 nitrogen and oxygen atoms in total. The Labute approximate surface area is 101 Å². The topological polar surface area (TPSA) is 42.1 Å². The Morgan fingerprint density at radius 1 is 1.56 bits per heavy atom. The van der Waals surface area contributed by atoms with Crippen molar-refractivity contribution in [3.63, 3.8) is 0 Å². The number of nitrogens with zero attached hydrogens (tertiary/aromatic N) is 2. The Hall–Kier alpha value is -0.740. The molecule has 2 rings (SSSR count). The van der Waals surface area contributed by atoms with Gasteiger partial charge in [-0.2, -0.15) is 11.8 Å². The zero-order chi connectivity index (χ0) is 11.4. The predicted molar refractivity (Wildman–Crippen MR) is 70.5 cm³/mol. The Bertz CT molecular complexity index is 343. The summed E-state index contributed by atoms with van der Waals surface area (Å²) in [6, 6.07) is 5.87. The molecule has 1 aromatic heterocycles. The lowest BCUT2D eigenvalue weighted by Crippen LogP contribution is -2.37. The molecule has 0 bridgehead atoms. The number of thioether (sulfide) groups is 1. The van der Waals surface area contributed by atoms with Crippen LogP contribution < -0.4 is 5.73 Å². The molecule has 2 heterocycles. The third kappa shape index (κ3) is 3.12. The van der Waals surface area contributed by atoms with Gasteiger partial charge in [0.2, 0.25) is 0 Å². The van der Waals surface area contributed by atoms with Gasteiger partial charge < -0.3 is 5.73 Å². The maximum Gasteiger partial charge on any atom is 0.123 e. The van der Waals surface area contributed by atoms with Crippen molar-refractivity contribution >= 4 is 17.6 Å². The molecule has 4 heteroatoms. The number of rotatable bonds is 3. The van der Waals surface area contributed by atoms with Crippen LogP contribution in [0.25, 0.3) is 0 Å². The highest BCUT2D eigenvalue weighted by atomic mass is 32.2. The molecule has 1 aliphatic heterocycles. The van der Waals surface area contributed by atoms with Gasteiger partial charge in [0, 0.05) is 30.6 Å². The summed E-state index contributed by atoms with van der Waals surface area (Å²) >= 11 is 2.09. The van der Waals surface area contributed by atoms with Crippen LogP contribution in [0.15, 0.2) is 18.2 Å². The molecular formula is C12H19N3S. The molecule has 0 spiro atoms. The highest BCUT2D eigenvalue weighted by molar-refractivity contribution is 8.00. The molecule has 1 unspecified atom stereocenters. The van der Waals surface area contributed by atoms with Crippen LogP contribution in [0.2, 0.25) is 0 Å². The summed E-state index contributed by atoms with van der Waals surface area (Å²) in [7, 11) is 0. The average molecular weight is 237 g/mol. The van der Waals surface area contributed by atoms with E-state index >= 15 is 0 Å². The molecule has 0 aliphatic carbocycles. The number of nitrogen functional groups attached to an aromatic ring is 1. The molecule has 1 aromatic rings. The molecule has 1 aliphatic rings. The summed E-state index contributed by atoms with van der Waals surface area (Å²) in [5.74, 6) is 1.86. The lowest BCUT2D eigenvalue weighted by molar-refractivity contribution is 0.270. The largest absolute Gasteiger partial charge is 0.384 e. The summed E-state index contributed by atoms with van der Waals surface area (Å²) in [4.78, 5) is 6.83. The fourth-order valence-corrected chi connectivity index (χ4v) is 3.24. The van der Waals surface area contributed by atoms with Crippen LogP contribution in [0.4, 0.5) is 5.82 Å². The number of hydrogen-bond donors (Lipinski definition) is 1. The molecule has 88 valence electrons. The van der Waals surface area contributed by atoms with Crippen LogP contribution in [-0.4, -0.2) is 34.0 Å². The van der Waals surface area contributed by atoms with Crippen LogP contribution in [0.3, 0.4) is 0 Å². The van der Waals surface area contributed by atoms with Crippen molar-refractivity contribution in [1.29, 1.82) is 0 Å². The Morgan fingerprint density at radius 2 is 2.44 bits per heavy atom. The molecule has 1 fully saturated rings. The molecule has 0 saturated carbocycles. The first-order valence-electron chi connectivity index (χ1n) is 5.83. The Balaban J connectivity index is 1.94. The SMILES string of the molecule is CCC1CN(Cc2cccc(N)n2)CCS1. The highest BCUT2D eigenvalue weighted by Crippen LogP contribution is 2.22. The molecule has 0 amide bonds. The maximum absolute atomic E-state index is 5.68. The lowest BCUT2D eigenvalue weighted by Gasteiger charge is -2.31. The third-order valence-electron chi connectivity index (χ3n) is 2.89. The molecule has 2 N–H and O–H groups in total. The minimum Gasteiger partial charge on any atom is -0.384 e. The summed E-state index contributed by atoms with van der Waals surface area (Å²) in [5, 5.41) is 0.787. The second kappa shape index (κ2) is 5.55. The quantitative estimate of drug-likeness (QED) is 0.873. The first-order chi connectivity index (χ1) is 7.78. The lowest BCUT2D eigenvalue weighted by atomic mass is 10.2. The zero-order valence-corrected chi connectivity index (χ0v) is 10.5. The predicted octanol–water partition coefficient (Wildman–Crippen LogP) is 1.99.